The van der Waals surface area contributed by atoms with Gasteiger partial charge in [-0.15, -0.1) is 0 Å². The number of anilines is 1. The third-order valence-corrected chi connectivity index (χ3v) is 4.90. The summed E-state index contributed by atoms with van der Waals surface area (Å²) >= 11 is 0. The van der Waals surface area contributed by atoms with Crippen LogP contribution in [0.3, 0.4) is 0 Å². The number of fused-ring (bicyclic) bond motifs is 1. The van der Waals surface area contributed by atoms with Crippen LogP contribution in [0.1, 0.15) is 26.2 Å². The van der Waals surface area contributed by atoms with Crippen LogP contribution in [0.4, 0.5) is 5.82 Å². The quantitative estimate of drug-likeness (QED) is 0.931. The Morgan fingerprint density at radius 2 is 2.38 bits per heavy atom. The van der Waals surface area contributed by atoms with Gasteiger partial charge in [-0.25, -0.2) is 9.97 Å². The number of aromatic nitrogens is 3. The molecule has 1 aliphatic rings. The number of H-pyrrole nitrogens is 1. The number of rotatable bonds is 3. The zero-order valence-electron chi connectivity index (χ0n) is 14.1. The molecule has 24 heavy (non-hydrogen) atoms. The van der Waals surface area contributed by atoms with E-state index in [1.54, 1.807) is 6.33 Å². The molecular formula is C17H22N6O. The fourth-order valence-electron chi connectivity index (χ4n) is 3.50. The lowest BCUT2D eigenvalue weighted by Crippen LogP contribution is -2.46. The van der Waals surface area contributed by atoms with Crippen LogP contribution in [0.25, 0.3) is 11.0 Å². The van der Waals surface area contributed by atoms with E-state index < -0.39 is 0 Å². The maximum atomic E-state index is 12.2. The van der Waals surface area contributed by atoms with E-state index in [0.717, 1.165) is 36.2 Å². The highest BCUT2D eigenvalue weighted by atomic mass is 16.2. The molecule has 3 heterocycles. The monoisotopic (exact) mass is 326 g/mol. The smallest absolute Gasteiger partial charge is 0.236 e. The number of carbonyl (C=O) groups is 1. The van der Waals surface area contributed by atoms with Crippen molar-refractivity contribution in [2.24, 2.45) is 5.92 Å². The molecule has 0 unspecified atom stereocenters. The minimum absolute atomic E-state index is 0.0552. The second-order valence-electron chi connectivity index (χ2n) is 6.41. The SMILES string of the molecule is C[C@@H]1CCCN(C(=O)CC#N)C[C@@H]1N(C)c1ncnc2[nH]ccc12. The number of likely N-dealkylation sites (N-methyl/N-ethyl adjacent to an activating group) is 1. The van der Waals surface area contributed by atoms with Gasteiger partial charge in [0.1, 0.15) is 24.2 Å². The lowest BCUT2D eigenvalue weighted by molar-refractivity contribution is -0.130. The second kappa shape index (κ2) is 6.87. The lowest BCUT2D eigenvalue weighted by atomic mass is 9.96. The highest BCUT2D eigenvalue weighted by Gasteiger charge is 2.30. The number of nitrogens with one attached hydrogen (secondary N) is 1. The van der Waals surface area contributed by atoms with Gasteiger partial charge in [0, 0.05) is 26.3 Å². The van der Waals surface area contributed by atoms with Crippen LogP contribution in [-0.4, -0.2) is 51.9 Å². The first kappa shape index (κ1) is 16.2. The normalized spacial score (nSPS) is 21.3. The van der Waals surface area contributed by atoms with E-state index in [2.05, 4.69) is 26.8 Å². The maximum absolute atomic E-state index is 12.2. The van der Waals surface area contributed by atoms with Crippen LogP contribution in [0.5, 0.6) is 0 Å². The van der Waals surface area contributed by atoms with Crippen molar-refractivity contribution in [3.63, 3.8) is 0 Å². The fourth-order valence-corrected chi connectivity index (χ4v) is 3.50. The highest BCUT2D eigenvalue weighted by Crippen LogP contribution is 2.28. The van der Waals surface area contributed by atoms with Gasteiger partial charge in [0.15, 0.2) is 0 Å². The van der Waals surface area contributed by atoms with E-state index in [-0.39, 0.29) is 18.4 Å². The van der Waals surface area contributed by atoms with Crippen molar-refractivity contribution >= 4 is 22.8 Å². The number of amides is 1. The van der Waals surface area contributed by atoms with Gasteiger partial charge in [0.05, 0.1) is 17.5 Å². The summed E-state index contributed by atoms with van der Waals surface area (Å²) in [7, 11) is 2.02. The zero-order chi connectivity index (χ0) is 17.1. The Bertz CT molecular complexity index is 764. The van der Waals surface area contributed by atoms with Gasteiger partial charge in [-0.05, 0) is 24.8 Å². The van der Waals surface area contributed by atoms with E-state index in [9.17, 15) is 4.79 Å². The summed E-state index contributed by atoms with van der Waals surface area (Å²) in [6, 6.07) is 4.09. The molecule has 1 N–H and O–H groups in total. The molecule has 2 aromatic rings. The maximum Gasteiger partial charge on any atom is 0.236 e. The Hall–Kier alpha value is -2.62. The highest BCUT2D eigenvalue weighted by molar-refractivity contribution is 5.87. The number of aromatic amines is 1. The third-order valence-electron chi connectivity index (χ3n) is 4.90. The van der Waals surface area contributed by atoms with E-state index in [0.29, 0.717) is 12.5 Å². The summed E-state index contributed by atoms with van der Waals surface area (Å²) in [5, 5.41) is 9.79. The van der Waals surface area contributed by atoms with Crippen molar-refractivity contribution in [1.82, 2.24) is 19.9 Å². The van der Waals surface area contributed by atoms with Gasteiger partial charge in [0.2, 0.25) is 5.91 Å². The molecule has 126 valence electrons. The Morgan fingerprint density at radius 3 is 3.17 bits per heavy atom. The molecule has 0 aliphatic carbocycles. The number of hydrogen-bond acceptors (Lipinski definition) is 5. The summed E-state index contributed by atoms with van der Waals surface area (Å²) in [5.74, 6) is 1.21. The van der Waals surface area contributed by atoms with Gasteiger partial charge in [-0.3, -0.25) is 4.79 Å². The van der Waals surface area contributed by atoms with Crippen LogP contribution < -0.4 is 4.90 Å². The Morgan fingerprint density at radius 1 is 1.54 bits per heavy atom. The van der Waals surface area contributed by atoms with Crippen molar-refractivity contribution in [2.45, 2.75) is 32.2 Å². The summed E-state index contributed by atoms with van der Waals surface area (Å²) in [6.07, 6.45) is 5.37. The van der Waals surface area contributed by atoms with Crippen LogP contribution in [-0.2, 0) is 4.79 Å². The molecule has 2 atom stereocenters. The molecule has 0 saturated carbocycles. The van der Waals surface area contributed by atoms with E-state index in [1.807, 2.05) is 30.3 Å². The first-order valence-corrected chi connectivity index (χ1v) is 8.27. The molecule has 0 spiro atoms. The molecule has 1 aliphatic heterocycles. The molecule has 1 saturated heterocycles. The summed E-state index contributed by atoms with van der Waals surface area (Å²) in [5.41, 5.74) is 0.811. The fraction of sp³-hybridized carbons (Fsp3) is 0.529. The van der Waals surface area contributed by atoms with Gasteiger partial charge in [-0.2, -0.15) is 5.26 Å². The van der Waals surface area contributed by atoms with Crippen molar-refractivity contribution < 1.29 is 4.79 Å². The van der Waals surface area contributed by atoms with Crippen molar-refractivity contribution in [3.05, 3.63) is 18.6 Å². The number of nitriles is 1. The number of nitrogens with zero attached hydrogens (tertiary/aromatic N) is 5. The van der Waals surface area contributed by atoms with Crippen molar-refractivity contribution in [2.75, 3.05) is 25.0 Å². The van der Waals surface area contributed by atoms with Gasteiger partial charge >= 0.3 is 0 Å². The minimum atomic E-state index is -0.0838. The van der Waals surface area contributed by atoms with Crippen LogP contribution in [0.2, 0.25) is 0 Å². The average Bonchev–Trinajstić information content (AvgIpc) is 2.97. The molecule has 7 nitrogen and oxygen atoms in total. The summed E-state index contributed by atoms with van der Waals surface area (Å²) in [6.45, 7) is 3.56. The standard InChI is InChI=1S/C17H22N6O/c1-12-4-3-9-23(15(24)5-7-18)10-14(12)22(2)17-13-6-8-19-16(13)20-11-21-17/h6,8,11-12,14H,3-5,9-10H2,1-2H3,(H,19,20,21)/t12-,14+/m1/s1. The van der Waals surface area contributed by atoms with Crippen molar-refractivity contribution in [3.8, 4) is 6.07 Å². The first-order chi connectivity index (χ1) is 11.6. The summed E-state index contributed by atoms with van der Waals surface area (Å²) in [4.78, 5) is 28.0. The van der Waals surface area contributed by atoms with Crippen LogP contribution in [0.15, 0.2) is 18.6 Å². The lowest BCUT2D eigenvalue weighted by Gasteiger charge is -2.35. The molecule has 1 amide bonds. The van der Waals surface area contributed by atoms with Gasteiger partial charge in [-0.1, -0.05) is 6.92 Å². The largest absolute Gasteiger partial charge is 0.354 e. The zero-order valence-corrected chi connectivity index (χ0v) is 14.1. The second-order valence-corrected chi connectivity index (χ2v) is 6.41. The predicted molar refractivity (Wildman–Crippen MR) is 91.3 cm³/mol. The average molecular weight is 326 g/mol. The van der Waals surface area contributed by atoms with E-state index >= 15 is 0 Å². The summed E-state index contributed by atoms with van der Waals surface area (Å²) < 4.78 is 0. The first-order valence-electron chi connectivity index (χ1n) is 8.27. The molecule has 7 heteroatoms. The predicted octanol–water partition coefficient (Wildman–Crippen LogP) is 1.93. The Labute approximate surface area is 141 Å². The van der Waals surface area contributed by atoms with E-state index in [4.69, 9.17) is 5.26 Å². The molecular weight excluding hydrogens is 304 g/mol. The third kappa shape index (κ3) is 3.04. The number of carbonyl (C=O) groups excluding carboxylic acids is 1. The Kier molecular flexibility index (Phi) is 4.65. The van der Waals surface area contributed by atoms with Crippen LogP contribution in [0, 0.1) is 17.2 Å². The molecule has 0 radical (unpaired) electrons. The molecule has 0 aromatic carbocycles. The molecule has 1 fully saturated rings. The Balaban J connectivity index is 1.88. The minimum Gasteiger partial charge on any atom is -0.354 e. The van der Waals surface area contributed by atoms with Gasteiger partial charge in [0.25, 0.3) is 0 Å². The van der Waals surface area contributed by atoms with Crippen molar-refractivity contribution in [1.29, 1.82) is 5.26 Å². The molecule has 2 aromatic heterocycles. The van der Waals surface area contributed by atoms with Gasteiger partial charge < -0.3 is 14.8 Å². The van der Waals surface area contributed by atoms with Crippen LogP contribution >= 0.6 is 0 Å². The number of likely N-dealkylation sites (tertiary alicyclic amines) is 1. The number of hydrogen-bond donors (Lipinski definition) is 1. The molecule has 0 bridgehead atoms. The van der Waals surface area contributed by atoms with E-state index in [1.165, 1.54) is 0 Å². The topological polar surface area (TPSA) is 88.9 Å². The molecule has 3 rings (SSSR count).